The molecule has 2 rings (SSSR count). The molecule has 1 aromatic heterocycles. The fourth-order valence-corrected chi connectivity index (χ4v) is 1.64. The van der Waals surface area contributed by atoms with Crippen molar-refractivity contribution in [3.63, 3.8) is 0 Å². The van der Waals surface area contributed by atoms with Gasteiger partial charge < -0.3 is 0 Å². The molecule has 0 spiro atoms. The summed E-state index contributed by atoms with van der Waals surface area (Å²) in [6, 6.07) is 5.33. The van der Waals surface area contributed by atoms with Gasteiger partial charge in [-0.25, -0.2) is 4.98 Å². The van der Waals surface area contributed by atoms with E-state index in [0.29, 0.717) is 6.07 Å². The molecule has 2 aromatic rings. The Balaban J connectivity index is 2.34. The maximum atomic E-state index is 12.9. The zero-order chi connectivity index (χ0) is 15.6. The molecule has 0 radical (unpaired) electrons. The molecule has 7 heteroatoms. The van der Waals surface area contributed by atoms with Gasteiger partial charge in [0, 0.05) is 23.4 Å². The van der Waals surface area contributed by atoms with Gasteiger partial charge in [0.05, 0.1) is 5.56 Å². The summed E-state index contributed by atoms with van der Waals surface area (Å²) in [5.41, 5.74) is -1.72. The maximum absolute atomic E-state index is 12.9. The highest BCUT2D eigenvalue weighted by Crippen LogP contribution is 2.29. The molecular weight excluding hydrogens is 290 g/mol. The van der Waals surface area contributed by atoms with Gasteiger partial charge in [-0.3, -0.25) is 9.59 Å². The number of carbonyl (C=O) groups is 2. The first kappa shape index (κ1) is 14.8. The van der Waals surface area contributed by atoms with E-state index in [2.05, 4.69) is 4.98 Å². The summed E-state index contributed by atoms with van der Waals surface area (Å²) in [4.78, 5) is 26.9. The lowest BCUT2D eigenvalue weighted by Crippen LogP contribution is -2.16. The summed E-state index contributed by atoms with van der Waals surface area (Å²) in [6.45, 7) is 0. The summed E-state index contributed by atoms with van der Waals surface area (Å²) in [6.07, 6.45) is -3.63. The lowest BCUT2D eigenvalue weighted by atomic mass is 10.0. The fraction of sp³-hybridized carbons (Fsp3) is 0.0714. The number of rotatable bonds is 3. The minimum absolute atomic E-state index is 0.273. The van der Waals surface area contributed by atoms with Gasteiger partial charge in [0.25, 0.3) is 0 Å². The van der Waals surface area contributed by atoms with Crippen molar-refractivity contribution in [3.8, 4) is 0 Å². The zero-order valence-corrected chi connectivity index (χ0v) is 10.3. The van der Waals surface area contributed by atoms with E-state index < -0.39 is 34.8 Å². The number of nitrogens with zero attached hydrogens (tertiary/aromatic N) is 1. The smallest absolute Gasteiger partial charge is 0.285 e. The van der Waals surface area contributed by atoms with Gasteiger partial charge in [-0.15, -0.1) is 0 Å². The number of ketones is 2. The van der Waals surface area contributed by atoms with E-state index >= 15 is 0 Å². The molecular formula is C14H7F4NO2. The third kappa shape index (κ3) is 3.31. The van der Waals surface area contributed by atoms with Gasteiger partial charge >= 0.3 is 6.18 Å². The number of carbonyl (C=O) groups excluding carboxylic acids is 2. The Bertz CT molecular complexity index is 710. The molecule has 1 aromatic carbocycles. The molecule has 0 aliphatic rings. The molecule has 21 heavy (non-hydrogen) atoms. The van der Waals surface area contributed by atoms with Crippen LogP contribution >= 0.6 is 0 Å². The van der Waals surface area contributed by atoms with Crippen molar-refractivity contribution in [1.82, 2.24) is 4.98 Å². The topological polar surface area (TPSA) is 47.0 Å². The van der Waals surface area contributed by atoms with E-state index in [1.165, 1.54) is 0 Å². The van der Waals surface area contributed by atoms with Crippen molar-refractivity contribution < 1.29 is 27.2 Å². The lowest BCUT2D eigenvalue weighted by Gasteiger charge is -2.07. The molecule has 0 atom stereocenters. The van der Waals surface area contributed by atoms with E-state index in [-0.39, 0.29) is 5.56 Å². The Hall–Kier alpha value is -2.57. The molecule has 0 N–H and O–H groups in total. The van der Waals surface area contributed by atoms with Crippen LogP contribution in [0.1, 0.15) is 26.3 Å². The number of halogens is 4. The number of alkyl halides is 3. The van der Waals surface area contributed by atoms with Gasteiger partial charge in [-0.2, -0.15) is 17.6 Å². The Kier molecular flexibility index (Phi) is 3.84. The number of benzene rings is 1. The normalized spacial score (nSPS) is 11.2. The minimum atomic E-state index is -4.62. The third-order valence-corrected chi connectivity index (χ3v) is 2.65. The Labute approximate surface area is 116 Å². The van der Waals surface area contributed by atoms with Crippen LogP contribution in [-0.4, -0.2) is 16.6 Å². The molecule has 0 unspecified atom stereocenters. The molecule has 0 bridgehead atoms. The molecule has 0 saturated carbocycles. The number of hydrogen-bond donors (Lipinski definition) is 0. The van der Waals surface area contributed by atoms with Crippen LogP contribution in [0.5, 0.6) is 0 Å². The van der Waals surface area contributed by atoms with Crippen molar-refractivity contribution in [1.29, 1.82) is 0 Å². The summed E-state index contributed by atoms with van der Waals surface area (Å²) in [5, 5.41) is 0. The van der Waals surface area contributed by atoms with Gasteiger partial charge in [0.2, 0.25) is 17.5 Å². The average Bonchev–Trinajstić information content (AvgIpc) is 2.45. The van der Waals surface area contributed by atoms with Crippen LogP contribution in [0.2, 0.25) is 0 Å². The van der Waals surface area contributed by atoms with Crippen molar-refractivity contribution in [2.24, 2.45) is 0 Å². The monoisotopic (exact) mass is 297 g/mol. The van der Waals surface area contributed by atoms with Crippen molar-refractivity contribution in [2.75, 3.05) is 0 Å². The predicted molar refractivity (Wildman–Crippen MR) is 64.3 cm³/mol. The lowest BCUT2D eigenvalue weighted by molar-refractivity contribution is -0.137. The molecule has 108 valence electrons. The molecule has 0 aliphatic carbocycles. The van der Waals surface area contributed by atoms with E-state index in [9.17, 15) is 27.2 Å². The van der Waals surface area contributed by atoms with Gasteiger partial charge in [-0.1, -0.05) is 12.1 Å². The van der Waals surface area contributed by atoms with Crippen LogP contribution in [0.3, 0.4) is 0 Å². The fourth-order valence-electron chi connectivity index (χ4n) is 1.64. The summed E-state index contributed by atoms with van der Waals surface area (Å²) >= 11 is 0. The van der Waals surface area contributed by atoms with Crippen molar-refractivity contribution in [3.05, 3.63) is 65.2 Å². The number of Topliss-reactive ketones (excluding diaryl/α,β-unsaturated/α-hetero) is 2. The molecule has 0 aliphatic heterocycles. The minimum Gasteiger partial charge on any atom is -0.285 e. The molecule has 1 heterocycles. The molecule has 0 amide bonds. The van der Waals surface area contributed by atoms with Gasteiger partial charge in [-0.05, 0) is 18.2 Å². The second-order valence-corrected chi connectivity index (χ2v) is 4.10. The van der Waals surface area contributed by atoms with Gasteiger partial charge in [0.1, 0.15) is 0 Å². The maximum Gasteiger partial charge on any atom is 0.416 e. The zero-order valence-electron chi connectivity index (χ0n) is 10.3. The molecule has 0 fully saturated rings. The highest BCUT2D eigenvalue weighted by Gasteiger charge is 2.31. The van der Waals surface area contributed by atoms with E-state index in [1.54, 1.807) is 0 Å². The van der Waals surface area contributed by atoms with Crippen LogP contribution in [0.4, 0.5) is 17.6 Å². The number of pyridine rings is 1. The average molecular weight is 297 g/mol. The number of hydrogen-bond acceptors (Lipinski definition) is 3. The van der Waals surface area contributed by atoms with Crippen LogP contribution in [0.25, 0.3) is 0 Å². The van der Waals surface area contributed by atoms with Crippen LogP contribution in [-0.2, 0) is 6.18 Å². The second-order valence-electron chi connectivity index (χ2n) is 4.10. The summed E-state index contributed by atoms with van der Waals surface area (Å²) in [7, 11) is 0. The third-order valence-electron chi connectivity index (χ3n) is 2.65. The summed E-state index contributed by atoms with van der Waals surface area (Å²) in [5.74, 6) is -3.21. The quantitative estimate of drug-likeness (QED) is 0.378. The Morgan fingerprint density at radius 3 is 2.14 bits per heavy atom. The Morgan fingerprint density at radius 1 is 0.952 bits per heavy atom. The first-order chi connectivity index (χ1) is 9.79. The Morgan fingerprint density at radius 2 is 1.57 bits per heavy atom. The van der Waals surface area contributed by atoms with E-state index in [1.807, 2.05) is 0 Å². The second kappa shape index (κ2) is 5.43. The molecule has 3 nitrogen and oxygen atoms in total. The first-order valence-corrected chi connectivity index (χ1v) is 5.67. The standard InChI is InChI=1S/C14H7F4NO2/c15-11-7-9(4-5-19-11)13(21)12(20)8-2-1-3-10(6-8)14(16,17)18/h1-7H. The highest BCUT2D eigenvalue weighted by atomic mass is 19.4. The van der Waals surface area contributed by atoms with Crippen molar-refractivity contribution >= 4 is 11.6 Å². The van der Waals surface area contributed by atoms with Crippen molar-refractivity contribution in [2.45, 2.75) is 6.18 Å². The van der Waals surface area contributed by atoms with Crippen LogP contribution in [0, 0.1) is 5.95 Å². The van der Waals surface area contributed by atoms with Crippen LogP contribution in [0.15, 0.2) is 42.6 Å². The highest BCUT2D eigenvalue weighted by molar-refractivity contribution is 6.49. The van der Waals surface area contributed by atoms with E-state index in [4.69, 9.17) is 0 Å². The van der Waals surface area contributed by atoms with Gasteiger partial charge in [0.15, 0.2) is 0 Å². The largest absolute Gasteiger partial charge is 0.416 e. The number of aromatic nitrogens is 1. The van der Waals surface area contributed by atoms with Crippen LogP contribution < -0.4 is 0 Å². The van der Waals surface area contributed by atoms with E-state index in [0.717, 1.165) is 36.5 Å². The summed E-state index contributed by atoms with van der Waals surface area (Å²) < 4.78 is 50.6. The first-order valence-electron chi connectivity index (χ1n) is 5.67. The predicted octanol–water partition coefficient (Wildman–Crippen LogP) is 3.31. The SMILES string of the molecule is O=C(C(=O)c1ccnc(F)c1)c1cccc(C(F)(F)F)c1. The molecule has 0 saturated heterocycles.